The van der Waals surface area contributed by atoms with Crippen LogP contribution in [0, 0.1) is 0 Å². The lowest BCUT2D eigenvalue weighted by Crippen LogP contribution is -1.93. The Bertz CT molecular complexity index is 178. The van der Waals surface area contributed by atoms with Crippen LogP contribution in [0.25, 0.3) is 0 Å². The molecule has 0 heterocycles. The predicted molar refractivity (Wildman–Crippen MR) is 64.5 cm³/mol. The second-order valence-corrected chi connectivity index (χ2v) is 4.28. The number of aldehydes is 1. The Morgan fingerprint density at radius 3 is 1.69 bits per heavy atom. The van der Waals surface area contributed by atoms with Crippen LogP contribution in [-0.4, -0.2) is 17.4 Å². The molecule has 0 rings (SSSR count). The Morgan fingerprint density at radius 1 is 0.812 bits per heavy atom. The molecule has 94 valence electrons. The van der Waals surface area contributed by atoms with Crippen LogP contribution in [-0.2, 0) is 9.59 Å². The zero-order valence-electron chi connectivity index (χ0n) is 10.1. The molecule has 0 atom stereocenters. The van der Waals surface area contributed by atoms with E-state index in [0.29, 0.717) is 12.8 Å². The van der Waals surface area contributed by atoms with Crippen molar-refractivity contribution in [3.8, 4) is 0 Å². The van der Waals surface area contributed by atoms with E-state index >= 15 is 0 Å². The Morgan fingerprint density at radius 2 is 1.25 bits per heavy atom. The van der Waals surface area contributed by atoms with Gasteiger partial charge in [-0.1, -0.05) is 44.9 Å². The Hall–Kier alpha value is -0.860. The first-order chi connectivity index (χ1) is 7.77. The molecule has 1 N–H and O–H groups in total. The zero-order valence-corrected chi connectivity index (χ0v) is 10.1. The van der Waals surface area contributed by atoms with Crippen LogP contribution in [0.15, 0.2) is 0 Å². The first-order valence-corrected chi connectivity index (χ1v) is 6.43. The van der Waals surface area contributed by atoms with Crippen molar-refractivity contribution in [3.05, 3.63) is 0 Å². The average molecular weight is 228 g/mol. The monoisotopic (exact) mass is 228 g/mol. The molecule has 0 spiro atoms. The molecule has 16 heavy (non-hydrogen) atoms. The van der Waals surface area contributed by atoms with Crippen LogP contribution in [0.1, 0.15) is 70.6 Å². The van der Waals surface area contributed by atoms with Gasteiger partial charge < -0.3 is 9.90 Å². The third-order valence-electron chi connectivity index (χ3n) is 2.71. The van der Waals surface area contributed by atoms with Gasteiger partial charge in [0.15, 0.2) is 0 Å². The van der Waals surface area contributed by atoms with Gasteiger partial charge >= 0.3 is 5.97 Å². The summed E-state index contributed by atoms with van der Waals surface area (Å²) in [7, 11) is 0. The van der Waals surface area contributed by atoms with Gasteiger partial charge in [-0.05, 0) is 12.8 Å². The third kappa shape index (κ3) is 13.1. The molecule has 0 amide bonds. The van der Waals surface area contributed by atoms with Crippen LogP contribution in [0.2, 0.25) is 0 Å². The molecule has 0 aliphatic carbocycles. The topological polar surface area (TPSA) is 54.4 Å². The highest BCUT2D eigenvalue weighted by atomic mass is 16.4. The van der Waals surface area contributed by atoms with Gasteiger partial charge in [0.2, 0.25) is 0 Å². The standard InChI is InChI=1S/C13H24O3/c14-12-10-8-6-4-2-1-3-5-7-9-11-13(15)16/h12H,1-11H2,(H,15,16). The fourth-order valence-electron chi connectivity index (χ4n) is 1.74. The number of hydrogen-bond acceptors (Lipinski definition) is 2. The van der Waals surface area contributed by atoms with Gasteiger partial charge in [-0.15, -0.1) is 0 Å². The summed E-state index contributed by atoms with van der Waals surface area (Å²) in [6.07, 6.45) is 12.1. The molecule has 3 heteroatoms. The molecule has 0 aliphatic heterocycles. The quantitative estimate of drug-likeness (QED) is 0.410. The minimum absolute atomic E-state index is 0.311. The number of unbranched alkanes of at least 4 members (excludes halogenated alkanes) is 9. The van der Waals surface area contributed by atoms with E-state index in [1.807, 2.05) is 0 Å². The second-order valence-electron chi connectivity index (χ2n) is 4.28. The molecular weight excluding hydrogens is 204 g/mol. The molecule has 0 radical (unpaired) electrons. The van der Waals surface area contributed by atoms with Gasteiger partial charge in [0.1, 0.15) is 6.29 Å². The SMILES string of the molecule is O=CCCCCCCCCCCCC(=O)O. The Kier molecular flexibility index (Phi) is 11.6. The lowest BCUT2D eigenvalue weighted by molar-refractivity contribution is -0.137. The lowest BCUT2D eigenvalue weighted by atomic mass is 10.1. The fourth-order valence-corrected chi connectivity index (χ4v) is 1.74. The van der Waals surface area contributed by atoms with Crippen LogP contribution >= 0.6 is 0 Å². The van der Waals surface area contributed by atoms with E-state index in [0.717, 1.165) is 38.4 Å². The van der Waals surface area contributed by atoms with Gasteiger partial charge in [0, 0.05) is 12.8 Å². The van der Waals surface area contributed by atoms with Gasteiger partial charge in [-0.3, -0.25) is 4.79 Å². The maximum atomic E-state index is 10.2. The van der Waals surface area contributed by atoms with E-state index in [4.69, 9.17) is 5.11 Å². The van der Waals surface area contributed by atoms with Crippen molar-refractivity contribution in [1.82, 2.24) is 0 Å². The van der Waals surface area contributed by atoms with E-state index in [1.54, 1.807) is 0 Å². The van der Waals surface area contributed by atoms with E-state index in [-0.39, 0.29) is 0 Å². The second kappa shape index (κ2) is 12.2. The normalized spacial score (nSPS) is 10.2. The van der Waals surface area contributed by atoms with Crippen molar-refractivity contribution >= 4 is 12.3 Å². The predicted octanol–water partition coefficient (Wildman–Crippen LogP) is 3.56. The molecule has 0 saturated heterocycles. The summed E-state index contributed by atoms with van der Waals surface area (Å²) in [4.78, 5) is 20.3. The van der Waals surface area contributed by atoms with Gasteiger partial charge in [0.25, 0.3) is 0 Å². The minimum Gasteiger partial charge on any atom is -0.481 e. The van der Waals surface area contributed by atoms with Crippen LogP contribution < -0.4 is 0 Å². The summed E-state index contributed by atoms with van der Waals surface area (Å²) in [6.45, 7) is 0. The maximum Gasteiger partial charge on any atom is 0.303 e. The van der Waals surface area contributed by atoms with Gasteiger partial charge in [-0.25, -0.2) is 0 Å². The molecular formula is C13H24O3. The first-order valence-electron chi connectivity index (χ1n) is 6.43. The smallest absolute Gasteiger partial charge is 0.303 e. The van der Waals surface area contributed by atoms with Crippen molar-refractivity contribution in [2.75, 3.05) is 0 Å². The van der Waals surface area contributed by atoms with Crippen molar-refractivity contribution in [3.63, 3.8) is 0 Å². The summed E-state index contributed by atoms with van der Waals surface area (Å²) >= 11 is 0. The maximum absolute atomic E-state index is 10.2. The van der Waals surface area contributed by atoms with Crippen molar-refractivity contribution in [2.45, 2.75) is 70.6 Å². The van der Waals surface area contributed by atoms with Crippen LogP contribution in [0.5, 0.6) is 0 Å². The molecule has 0 fully saturated rings. The van der Waals surface area contributed by atoms with Crippen LogP contribution in [0.4, 0.5) is 0 Å². The third-order valence-corrected chi connectivity index (χ3v) is 2.71. The molecule has 3 nitrogen and oxygen atoms in total. The molecule has 0 aromatic rings. The highest BCUT2D eigenvalue weighted by molar-refractivity contribution is 5.66. The van der Waals surface area contributed by atoms with Gasteiger partial charge in [-0.2, -0.15) is 0 Å². The average Bonchev–Trinajstić information content (AvgIpc) is 2.25. The highest BCUT2D eigenvalue weighted by Gasteiger charge is 1.96. The molecule has 0 aromatic carbocycles. The zero-order chi connectivity index (χ0) is 12.1. The van der Waals surface area contributed by atoms with Crippen molar-refractivity contribution in [2.24, 2.45) is 0 Å². The summed E-state index contributed by atoms with van der Waals surface area (Å²) in [5.41, 5.74) is 0. The fraction of sp³-hybridized carbons (Fsp3) is 0.846. The lowest BCUT2D eigenvalue weighted by Gasteiger charge is -2.00. The number of hydrogen-bond donors (Lipinski definition) is 1. The largest absolute Gasteiger partial charge is 0.481 e. The number of carbonyl (C=O) groups is 2. The van der Waals surface area contributed by atoms with Crippen molar-refractivity contribution < 1.29 is 14.7 Å². The Labute approximate surface area is 98.2 Å². The number of carbonyl (C=O) groups excluding carboxylic acids is 1. The molecule has 0 saturated carbocycles. The van der Waals surface area contributed by atoms with Gasteiger partial charge in [0.05, 0.1) is 0 Å². The summed E-state index contributed by atoms with van der Waals surface area (Å²) in [5.74, 6) is -0.685. The molecule has 0 unspecified atom stereocenters. The number of aliphatic carboxylic acids is 1. The van der Waals surface area contributed by atoms with E-state index in [2.05, 4.69) is 0 Å². The van der Waals surface area contributed by atoms with Crippen molar-refractivity contribution in [1.29, 1.82) is 0 Å². The first kappa shape index (κ1) is 15.1. The summed E-state index contributed by atoms with van der Waals surface area (Å²) in [6, 6.07) is 0. The minimum atomic E-state index is -0.685. The Balaban J connectivity index is 2.93. The van der Waals surface area contributed by atoms with E-state index in [1.165, 1.54) is 25.7 Å². The molecule has 0 aromatic heterocycles. The number of carboxylic acids is 1. The van der Waals surface area contributed by atoms with Crippen LogP contribution in [0.3, 0.4) is 0 Å². The summed E-state index contributed by atoms with van der Waals surface area (Å²) in [5, 5.41) is 8.43. The number of rotatable bonds is 12. The van der Waals surface area contributed by atoms with E-state index < -0.39 is 5.97 Å². The number of carboxylic acid groups (broad SMARTS) is 1. The molecule has 0 bridgehead atoms. The molecule has 0 aliphatic rings. The summed E-state index contributed by atoms with van der Waals surface area (Å²) < 4.78 is 0. The highest BCUT2D eigenvalue weighted by Crippen LogP contribution is 2.10. The van der Waals surface area contributed by atoms with E-state index in [9.17, 15) is 9.59 Å².